The van der Waals surface area contributed by atoms with Crippen molar-refractivity contribution in [3.8, 4) is 0 Å². The summed E-state index contributed by atoms with van der Waals surface area (Å²) in [6.07, 6.45) is 14.4. The van der Waals surface area contributed by atoms with Crippen LogP contribution in [0.3, 0.4) is 0 Å². The van der Waals surface area contributed by atoms with Gasteiger partial charge < -0.3 is 0 Å². The second-order valence-electron chi connectivity index (χ2n) is 10.3. The van der Waals surface area contributed by atoms with Gasteiger partial charge in [0.15, 0.2) is 10.2 Å². The maximum atomic E-state index is 13.2. The highest BCUT2D eigenvalue weighted by molar-refractivity contribution is 7.80. The van der Waals surface area contributed by atoms with E-state index >= 15 is 0 Å². The Morgan fingerprint density at radius 2 is 1.05 bits per heavy atom. The highest BCUT2D eigenvalue weighted by Gasteiger charge is 2.42. The smallest absolute Gasteiger partial charge is 0.265 e. The van der Waals surface area contributed by atoms with Gasteiger partial charge >= 0.3 is 0 Å². The number of aromatic nitrogens is 1. The second kappa shape index (κ2) is 19.1. The van der Waals surface area contributed by atoms with Gasteiger partial charge in [0.05, 0.1) is 0 Å². The van der Waals surface area contributed by atoms with Crippen LogP contribution in [0.25, 0.3) is 0 Å². The van der Waals surface area contributed by atoms with Crippen molar-refractivity contribution in [1.29, 1.82) is 0 Å². The fraction of sp³-hybridized carbons (Fsp3) is 0.531. The van der Waals surface area contributed by atoms with E-state index in [2.05, 4.69) is 4.98 Å². The standard InChI is InChI=1S/C27H40N4O4S2.C5H5N/c1-5-9-16-28-22(32)20(23(33)29(26(28)36)17-10-6-2)14-13-15-21-24(34)30(18-11-7-3)27(37)31(25(21)35)19-12-8-4;1-2-4-6-5-3-1/h13-15,20H,5-12,16-19H2,1-4H3;1-5H/b14-13+;. The van der Waals surface area contributed by atoms with E-state index in [1.165, 1.54) is 37.8 Å². The fourth-order valence-corrected chi connectivity index (χ4v) is 5.14. The van der Waals surface area contributed by atoms with E-state index in [1.54, 1.807) is 12.4 Å². The van der Waals surface area contributed by atoms with Gasteiger partial charge in [-0.25, -0.2) is 0 Å². The first-order valence-corrected chi connectivity index (χ1v) is 16.1. The molecule has 0 unspecified atom stereocenters. The lowest BCUT2D eigenvalue weighted by Crippen LogP contribution is -2.59. The molecule has 11 heteroatoms. The Kier molecular flexibility index (Phi) is 15.9. The van der Waals surface area contributed by atoms with Gasteiger partial charge in [-0.05, 0) is 68.3 Å². The number of carbonyl (C=O) groups is 4. The average molecular weight is 628 g/mol. The number of amides is 4. The van der Waals surface area contributed by atoms with Crippen LogP contribution in [0.15, 0.2) is 54.4 Å². The Morgan fingerprint density at radius 1 is 0.651 bits per heavy atom. The van der Waals surface area contributed by atoms with E-state index in [9.17, 15) is 19.2 Å². The first kappa shape index (κ1) is 35.9. The van der Waals surface area contributed by atoms with Gasteiger partial charge in [-0.15, -0.1) is 0 Å². The predicted octanol–water partition coefficient (Wildman–Crippen LogP) is 5.28. The quantitative estimate of drug-likeness (QED) is 0.120. The van der Waals surface area contributed by atoms with E-state index < -0.39 is 17.7 Å². The monoisotopic (exact) mass is 627 g/mol. The summed E-state index contributed by atoms with van der Waals surface area (Å²) in [6, 6.07) is 5.72. The van der Waals surface area contributed by atoms with E-state index in [0.29, 0.717) is 26.2 Å². The lowest BCUT2D eigenvalue weighted by atomic mass is 10.0. The van der Waals surface area contributed by atoms with Crippen molar-refractivity contribution < 1.29 is 19.2 Å². The normalized spacial score (nSPS) is 16.4. The molecule has 3 rings (SSSR count). The number of pyridine rings is 1. The Balaban J connectivity index is 0.000000953. The van der Waals surface area contributed by atoms with Crippen LogP contribution < -0.4 is 0 Å². The Morgan fingerprint density at radius 3 is 1.40 bits per heavy atom. The zero-order valence-corrected chi connectivity index (χ0v) is 27.5. The summed E-state index contributed by atoms with van der Waals surface area (Å²) in [6.45, 7) is 9.85. The number of thiocarbonyl (C=S) groups is 2. The third kappa shape index (κ3) is 9.86. The van der Waals surface area contributed by atoms with Crippen molar-refractivity contribution in [1.82, 2.24) is 24.6 Å². The lowest BCUT2D eigenvalue weighted by molar-refractivity contribution is -0.145. The number of rotatable bonds is 14. The first-order chi connectivity index (χ1) is 20.7. The molecule has 1 aromatic heterocycles. The summed E-state index contributed by atoms with van der Waals surface area (Å²) in [5.74, 6) is -2.70. The molecular weight excluding hydrogens is 583 g/mol. The molecule has 234 valence electrons. The number of hydrogen-bond acceptors (Lipinski definition) is 7. The van der Waals surface area contributed by atoms with Crippen LogP contribution >= 0.6 is 24.4 Å². The highest BCUT2D eigenvalue weighted by atomic mass is 32.1. The van der Waals surface area contributed by atoms with Crippen molar-refractivity contribution >= 4 is 58.3 Å². The van der Waals surface area contributed by atoms with E-state index in [4.69, 9.17) is 24.4 Å². The fourth-order valence-electron chi connectivity index (χ4n) is 4.43. The summed E-state index contributed by atoms with van der Waals surface area (Å²) in [5, 5.41) is 0.492. The molecule has 0 aliphatic carbocycles. The predicted molar refractivity (Wildman–Crippen MR) is 177 cm³/mol. The van der Waals surface area contributed by atoms with Crippen LogP contribution in [0.1, 0.15) is 79.1 Å². The third-order valence-corrected chi connectivity index (χ3v) is 7.89. The minimum atomic E-state index is -1.06. The van der Waals surface area contributed by atoms with E-state index in [-0.39, 0.29) is 27.6 Å². The van der Waals surface area contributed by atoms with Gasteiger partial charge in [0.1, 0.15) is 11.5 Å². The van der Waals surface area contributed by atoms with Crippen LogP contribution in [0, 0.1) is 5.92 Å². The van der Waals surface area contributed by atoms with Gasteiger partial charge in [-0.2, -0.15) is 0 Å². The molecule has 2 fully saturated rings. The number of carbonyl (C=O) groups excluding carboxylic acids is 4. The summed E-state index contributed by atoms with van der Waals surface area (Å²) in [4.78, 5) is 62.6. The molecule has 0 atom stereocenters. The van der Waals surface area contributed by atoms with Gasteiger partial charge in [-0.1, -0.05) is 71.6 Å². The molecule has 9 nitrogen and oxygen atoms in total. The second-order valence-corrected chi connectivity index (χ2v) is 11.1. The maximum absolute atomic E-state index is 13.2. The topological polar surface area (TPSA) is 94.1 Å². The molecule has 0 aromatic carbocycles. The minimum Gasteiger partial charge on any atom is -0.288 e. The first-order valence-electron chi connectivity index (χ1n) is 15.3. The van der Waals surface area contributed by atoms with E-state index in [0.717, 1.165) is 51.4 Å². The van der Waals surface area contributed by atoms with Gasteiger partial charge in [0.2, 0.25) is 11.8 Å². The molecule has 4 amide bonds. The van der Waals surface area contributed by atoms with Crippen molar-refractivity contribution in [3.05, 3.63) is 54.4 Å². The number of allylic oxidation sites excluding steroid dienone is 2. The summed E-state index contributed by atoms with van der Waals surface area (Å²) in [7, 11) is 0. The van der Waals surface area contributed by atoms with Gasteiger partial charge in [-0.3, -0.25) is 43.8 Å². The molecule has 0 spiro atoms. The highest BCUT2D eigenvalue weighted by Crippen LogP contribution is 2.23. The number of unbranched alkanes of at least 4 members (excludes halogenated alkanes) is 4. The molecule has 0 bridgehead atoms. The largest absolute Gasteiger partial charge is 0.288 e. The molecule has 2 aliphatic rings. The van der Waals surface area contributed by atoms with Crippen LogP contribution in [0.2, 0.25) is 0 Å². The van der Waals surface area contributed by atoms with Crippen molar-refractivity contribution in [3.63, 3.8) is 0 Å². The number of nitrogens with zero attached hydrogens (tertiary/aromatic N) is 5. The summed E-state index contributed by atoms with van der Waals surface area (Å²) >= 11 is 11.0. The molecule has 0 N–H and O–H groups in total. The number of hydrogen-bond donors (Lipinski definition) is 0. The summed E-state index contributed by atoms with van der Waals surface area (Å²) in [5.41, 5.74) is -0.0195. The van der Waals surface area contributed by atoms with Crippen molar-refractivity contribution in [2.75, 3.05) is 26.2 Å². The molecule has 3 heterocycles. The zero-order valence-electron chi connectivity index (χ0n) is 25.9. The van der Waals surface area contributed by atoms with Crippen molar-refractivity contribution in [2.45, 2.75) is 79.1 Å². The van der Waals surface area contributed by atoms with Crippen LogP contribution in [0.5, 0.6) is 0 Å². The average Bonchev–Trinajstić information content (AvgIpc) is 3.01. The molecule has 0 radical (unpaired) electrons. The molecule has 43 heavy (non-hydrogen) atoms. The van der Waals surface area contributed by atoms with Crippen LogP contribution in [-0.4, -0.2) is 84.6 Å². The Labute approximate surface area is 267 Å². The Hall–Kier alpha value is -3.31. The molecular formula is C32H45N5O4S2. The minimum absolute atomic E-state index is 0.0195. The summed E-state index contributed by atoms with van der Waals surface area (Å²) < 4.78 is 0. The van der Waals surface area contributed by atoms with Crippen LogP contribution in [0.4, 0.5) is 0 Å². The molecule has 0 saturated carbocycles. The maximum Gasteiger partial charge on any atom is 0.265 e. The zero-order chi connectivity index (χ0) is 31.8. The molecule has 2 saturated heterocycles. The van der Waals surface area contributed by atoms with Crippen molar-refractivity contribution in [2.24, 2.45) is 5.92 Å². The SMILES string of the molecule is CCCCN1C(=O)C(=C/C=C/C2C(=O)N(CCCC)C(=S)N(CCCC)C2=O)C(=O)N(CCCC)C1=S.c1ccncc1. The third-order valence-electron chi connectivity index (χ3n) is 7.01. The van der Waals surface area contributed by atoms with Gasteiger partial charge in [0.25, 0.3) is 11.8 Å². The molecule has 1 aromatic rings. The van der Waals surface area contributed by atoms with E-state index in [1.807, 2.05) is 45.9 Å². The molecule has 2 aliphatic heterocycles. The Bertz CT molecular complexity index is 1100. The lowest BCUT2D eigenvalue weighted by Gasteiger charge is -2.38. The van der Waals surface area contributed by atoms with Gasteiger partial charge in [0, 0.05) is 38.6 Å². The van der Waals surface area contributed by atoms with Crippen LogP contribution in [-0.2, 0) is 19.2 Å².